The Balaban J connectivity index is 2.60. The van der Waals surface area contributed by atoms with Gasteiger partial charge in [0.05, 0.1) is 5.41 Å². The van der Waals surface area contributed by atoms with Gasteiger partial charge in [0.1, 0.15) is 0 Å². The molecular weight excluding hydrogens is 260 g/mol. The van der Waals surface area contributed by atoms with E-state index in [9.17, 15) is 9.59 Å². The molecule has 0 aromatic rings. The molecule has 0 aliphatic heterocycles. The van der Waals surface area contributed by atoms with Crippen molar-refractivity contribution < 1.29 is 9.59 Å². The van der Waals surface area contributed by atoms with E-state index in [2.05, 4.69) is 5.32 Å². The Hall–Kier alpha value is -0.710. The highest BCUT2D eigenvalue weighted by molar-refractivity contribution is 7.98. The van der Waals surface area contributed by atoms with Crippen LogP contribution < -0.4 is 5.32 Å². The lowest BCUT2D eigenvalue weighted by atomic mass is 9.84. The molecule has 1 aliphatic rings. The van der Waals surface area contributed by atoms with Gasteiger partial charge in [-0.25, -0.2) is 0 Å². The third-order valence-corrected chi connectivity index (χ3v) is 4.72. The molecule has 1 N–H and O–H groups in total. The molecule has 0 radical (unpaired) electrons. The predicted molar refractivity (Wildman–Crippen MR) is 80.2 cm³/mol. The molecule has 2 amide bonds. The molecule has 1 aliphatic carbocycles. The first kappa shape index (κ1) is 16.3. The average Bonchev–Trinajstić information content (AvgIpc) is 2.85. The van der Waals surface area contributed by atoms with E-state index in [1.165, 1.54) is 0 Å². The Morgan fingerprint density at radius 2 is 1.89 bits per heavy atom. The number of nitrogens with zero attached hydrogens (tertiary/aromatic N) is 1. The fraction of sp³-hybridized carbons (Fsp3) is 0.857. The van der Waals surface area contributed by atoms with E-state index in [0.717, 1.165) is 31.4 Å². The van der Waals surface area contributed by atoms with Gasteiger partial charge in [-0.05, 0) is 19.1 Å². The molecule has 1 atom stereocenters. The van der Waals surface area contributed by atoms with Crippen molar-refractivity contribution in [2.24, 2.45) is 11.3 Å². The van der Waals surface area contributed by atoms with E-state index in [1.807, 2.05) is 13.2 Å². The third-order valence-electron chi connectivity index (χ3n) is 3.89. The van der Waals surface area contributed by atoms with Crippen molar-refractivity contribution >= 4 is 23.6 Å². The molecule has 0 bridgehead atoms. The normalized spacial score (nSPS) is 18.9. The van der Waals surface area contributed by atoms with Gasteiger partial charge < -0.3 is 10.2 Å². The van der Waals surface area contributed by atoms with Gasteiger partial charge in [0.15, 0.2) is 0 Å². The van der Waals surface area contributed by atoms with Crippen molar-refractivity contribution in [2.75, 3.05) is 32.6 Å². The van der Waals surface area contributed by atoms with Crippen molar-refractivity contribution in [1.29, 1.82) is 0 Å². The van der Waals surface area contributed by atoms with Crippen molar-refractivity contribution in [2.45, 2.75) is 32.6 Å². The zero-order chi connectivity index (χ0) is 14.5. The Kier molecular flexibility index (Phi) is 6.17. The van der Waals surface area contributed by atoms with Crippen LogP contribution in [0.3, 0.4) is 0 Å². The van der Waals surface area contributed by atoms with Gasteiger partial charge >= 0.3 is 0 Å². The highest BCUT2D eigenvalue weighted by Crippen LogP contribution is 2.38. The van der Waals surface area contributed by atoms with Gasteiger partial charge in [-0.15, -0.1) is 0 Å². The van der Waals surface area contributed by atoms with Crippen LogP contribution in [-0.4, -0.2) is 49.4 Å². The summed E-state index contributed by atoms with van der Waals surface area (Å²) in [6.45, 7) is 2.42. The van der Waals surface area contributed by atoms with Crippen LogP contribution in [0.15, 0.2) is 0 Å². The maximum absolute atomic E-state index is 12.3. The molecule has 0 aromatic heterocycles. The largest absolute Gasteiger partial charge is 0.355 e. The molecule has 0 heterocycles. The molecule has 1 rings (SSSR count). The molecule has 0 spiro atoms. The topological polar surface area (TPSA) is 49.4 Å². The highest BCUT2D eigenvalue weighted by atomic mass is 32.2. The summed E-state index contributed by atoms with van der Waals surface area (Å²) < 4.78 is 0. The van der Waals surface area contributed by atoms with Crippen LogP contribution in [0.1, 0.15) is 32.6 Å². The van der Waals surface area contributed by atoms with E-state index >= 15 is 0 Å². The molecule has 0 aromatic carbocycles. The van der Waals surface area contributed by atoms with Gasteiger partial charge in [-0.2, -0.15) is 11.8 Å². The molecule has 4 nitrogen and oxygen atoms in total. The standard InChI is InChI=1S/C14H26N2O2S/c1-11(9-19-4)12(17)15-10-14(7-5-6-8-14)13(18)16(2)3/h11H,5-10H2,1-4H3,(H,15,17)/t11-/m1/s1. The first-order valence-electron chi connectivity index (χ1n) is 6.91. The quantitative estimate of drug-likeness (QED) is 0.809. The van der Waals surface area contributed by atoms with Crippen LogP contribution in [-0.2, 0) is 9.59 Å². The third kappa shape index (κ3) is 4.13. The van der Waals surface area contributed by atoms with E-state index in [-0.39, 0.29) is 23.1 Å². The zero-order valence-corrected chi connectivity index (χ0v) is 13.3. The van der Waals surface area contributed by atoms with Gasteiger partial charge in [0.2, 0.25) is 11.8 Å². The highest BCUT2D eigenvalue weighted by Gasteiger charge is 2.42. The molecule has 110 valence electrons. The van der Waals surface area contributed by atoms with Crippen LogP contribution in [0.2, 0.25) is 0 Å². The van der Waals surface area contributed by atoms with E-state index in [1.54, 1.807) is 30.8 Å². The van der Waals surface area contributed by atoms with E-state index < -0.39 is 0 Å². The van der Waals surface area contributed by atoms with Crippen molar-refractivity contribution in [3.8, 4) is 0 Å². The Morgan fingerprint density at radius 1 is 1.32 bits per heavy atom. The number of thioether (sulfide) groups is 1. The second kappa shape index (κ2) is 7.17. The molecule has 0 unspecified atom stereocenters. The first-order chi connectivity index (χ1) is 8.93. The summed E-state index contributed by atoms with van der Waals surface area (Å²) in [4.78, 5) is 26.0. The minimum atomic E-state index is -0.363. The number of hydrogen-bond donors (Lipinski definition) is 1. The lowest BCUT2D eigenvalue weighted by Gasteiger charge is -2.31. The van der Waals surface area contributed by atoms with Crippen LogP contribution in [0.4, 0.5) is 0 Å². The minimum Gasteiger partial charge on any atom is -0.355 e. The number of amides is 2. The van der Waals surface area contributed by atoms with Crippen LogP contribution in [0.5, 0.6) is 0 Å². The molecule has 1 fully saturated rings. The van der Waals surface area contributed by atoms with Crippen molar-refractivity contribution in [3.63, 3.8) is 0 Å². The van der Waals surface area contributed by atoms with Gasteiger partial charge in [0, 0.05) is 32.3 Å². The van der Waals surface area contributed by atoms with Crippen LogP contribution in [0.25, 0.3) is 0 Å². The maximum atomic E-state index is 12.3. The fourth-order valence-corrected chi connectivity index (χ4v) is 3.40. The zero-order valence-electron chi connectivity index (χ0n) is 12.5. The number of carbonyl (C=O) groups is 2. The molecule has 1 saturated carbocycles. The summed E-state index contributed by atoms with van der Waals surface area (Å²) in [7, 11) is 3.58. The first-order valence-corrected chi connectivity index (χ1v) is 8.31. The fourth-order valence-electron chi connectivity index (χ4n) is 2.75. The second-order valence-electron chi connectivity index (χ2n) is 5.76. The monoisotopic (exact) mass is 286 g/mol. The summed E-state index contributed by atoms with van der Waals surface area (Å²) in [5.74, 6) is 1.04. The smallest absolute Gasteiger partial charge is 0.230 e. The molecule has 0 saturated heterocycles. The summed E-state index contributed by atoms with van der Waals surface area (Å²) in [6, 6.07) is 0. The SMILES string of the molecule is CSC[C@@H](C)C(=O)NCC1(C(=O)N(C)C)CCCC1. The van der Waals surface area contributed by atoms with Gasteiger partial charge in [-0.3, -0.25) is 9.59 Å². The van der Waals surface area contributed by atoms with Gasteiger partial charge in [-0.1, -0.05) is 19.8 Å². The lowest BCUT2D eigenvalue weighted by Crippen LogP contribution is -2.47. The van der Waals surface area contributed by atoms with E-state index in [4.69, 9.17) is 0 Å². The van der Waals surface area contributed by atoms with Crippen LogP contribution in [0, 0.1) is 11.3 Å². The van der Waals surface area contributed by atoms with Gasteiger partial charge in [0.25, 0.3) is 0 Å². The molecular formula is C14H26N2O2S. The second-order valence-corrected chi connectivity index (χ2v) is 6.67. The Bertz CT molecular complexity index is 325. The molecule has 5 heteroatoms. The summed E-state index contributed by atoms with van der Waals surface area (Å²) in [5.41, 5.74) is -0.363. The Morgan fingerprint density at radius 3 is 2.37 bits per heavy atom. The molecule has 19 heavy (non-hydrogen) atoms. The average molecular weight is 286 g/mol. The van der Waals surface area contributed by atoms with Crippen molar-refractivity contribution in [1.82, 2.24) is 10.2 Å². The summed E-state index contributed by atoms with van der Waals surface area (Å²) >= 11 is 1.67. The number of rotatable bonds is 6. The number of carbonyl (C=O) groups excluding carboxylic acids is 2. The number of hydrogen-bond acceptors (Lipinski definition) is 3. The maximum Gasteiger partial charge on any atom is 0.230 e. The summed E-state index contributed by atoms with van der Waals surface area (Å²) in [5, 5.41) is 2.99. The van der Waals surface area contributed by atoms with Crippen molar-refractivity contribution in [3.05, 3.63) is 0 Å². The van der Waals surface area contributed by atoms with E-state index in [0.29, 0.717) is 6.54 Å². The van der Waals surface area contributed by atoms with Crippen LogP contribution >= 0.6 is 11.8 Å². The number of nitrogens with one attached hydrogen (secondary N) is 1. The summed E-state index contributed by atoms with van der Waals surface area (Å²) in [6.07, 6.45) is 5.94. The minimum absolute atomic E-state index is 0.00270. The predicted octanol–water partition coefficient (Wildman–Crippen LogP) is 1.75. The lowest BCUT2D eigenvalue weighted by molar-refractivity contribution is -0.139. The Labute approximate surface area is 120 Å².